The third-order valence-corrected chi connectivity index (χ3v) is 3.98. The number of carbonyl (C=O) groups excluding carboxylic acids is 2. The maximum absolute atomic E-state index is 11.9. The first-order valence-electron chi connectivity index (χ1n) is 7.91. The minimum absolute atomic E-state index is 0.0160. The molecule has 0 heterocycles. The SMILES string of the molecule is CC(=O)CC(=O)N(C)CCC(c1ccccc1)c1ccccc1. The molecule has 0 aromatic heterocycles. The van der Waals surface area contributed by atoms with E-state index in [0.717, 1.165) is 6.42 Å². The highest BCUT2D eigenvalue weighted by molar-refractivity contribution is 5.96. The van der Waals surface area contributed by atoms with E-state index in [2.05, 4.69) is 24.3 Å². The molecule has 2 rings (SSSR count). The van der Waals surface area contributed by atoms with Gasteiger partial charge in [-0.25, -0.2) is 0 Å². The van der Waals surface area contributed by atoms with Crippen molar-refractivity contribution in [3.8, 4) is 0 Å². The van der Waals surface area contributed by atoms with Gasteiger partial charge in [-0.3, -0.25) is 9.59 Å². The third-order valence-electron chi connectivity index (χ3n) is 3.98. The van der Waals surface area contributed by atoms with Crippen molar-refractivity contribution in [3.05, 3.63) is 71.8 Å². The predicted octanol–water partition coefficient (Wildman–Crippen LogP) is 3.65. The summed E-state index contributed by atoms with van der Waals surface area (Å²) in [6.07, 6.45) is 0.812. The molecule has 0 saturated carbocycles. The maximum atomic E-state index is 11.9. The number of nitrogens with zero attached hydrogens (tertiary/aromatic N) is 1. The smallest absolute Gasteiger partial charge is 0.229 e. The summed E-state index contributed by atoms with van der Waals surface area (Å²) >= 11 is 0. The van der Waals surface area contributed by atoms with Gasteiger partial charge >= 0.3 is 0 Å². The van der Waals surface area contributed by atoms with Gasteiger partial charge in [0.1, 0.15) is 5.78 Å². The number of carbonyl (C=O) groups is 2. The maximum Gasteiger partial charge on any atom is 0.229 e. The topological polar surface area (TPSA) is 37.4 Å². The van der Waals surface area contributed by atoms with Gasteiger partial charge in [-0.2, -0.15) is 0 Å². The summed E-state index contributed by atoms with van der Waals surface area (Å²) in [6, 6.07) is 20.6. The van der Waals surface area contributed by atoms with Crippen molar-refractivity contribution < 1.29 is 9.59 Å². The van der Waals surface area contributed by atoms with E-state index in [-0.39, 0.29) is 24.0 Å². The summed E-state index contributed by atoms with van der Waals surface area (Å²) in [4.78, 5) is 24.7. The summed E-state index contributed by atoms with van der Waals surface area (Å²) in [5, 5.41) is 0. The fraction of sp³-hybridized carbons (Fsp3) is 0.300. The molecule has 0 atom stereocenters. The monoisotopic (exact) mass is 309 g/mol. The minimum Gasteiger partial charge on any atom is -0.345 e. The number of hydrogen-bond acceptors (Lipinski definition) is 2. The summed E-state index contributed by atoms with van der Waals surface area (Å²) in [7, 11) is 1.76. The molecule has 0 unspecified atom stereocenters. The second-order valence-electron chi connectivity index (χ2n) is 5.86. The molecule has 2 aromatic rings. The van der Waals surface area contributed by atoms with Crippen molar-refractivity contribution in [1.82, 2.24) is 4.90 Å². The van der Waals surface area contributed by atoms with E-state index in [1.54, 1.807) is 11.9 Å². The van der Waals surface area contributed by atoms with Crippen LogP contribution in [0.4, 0.5) is 0 Å². The molecule has 0 aliphatic carbocycles. The van der Waals surface area contributed by atoms with Crippen molar-refractivity contribution >= 4 is 11.7 Å². The van der Waals surface area contributed by atoms with Crippen LogP contribution in [0, 0.1) is 0 Å². The van der Waals surface area contributed by atoms with Gasteiger partial charge in [-0.05, 0) is 24.5 Å². The lowest BCUT2D eigenvalue weighted by atomic mass is 9.88. The molecule has 23 heavy (non-hydrogen) atoms. The van der Waals surface area contributed by atoms with Crippen LogP contribution in [0.2, 0.25) is 0 Å². The molecule has 120 valence electrons. The quantitative estimate of drug-likeness (QED) is 0.732. The van der Waals surface area contributed by atoms with Crippen LogP contribution in [0.5, 0.6) is 0 Å². The summed E-state index contributed by atoms with van der Waals surface area (Å²) in [6.45, 7) is 2.07. The fourth-order valence-corrected chi connectivity index (χ4v) is 2.69. The van der Waals surface area contributed by atoms with Gasteiger partial charge in [0.2, 0.25) is 5.91 Å². The molecule has 0 aliphatic heterocycles. The number of hydrogen-bond donors (Lipinski definition) is 0. The Hall–Kier alpha value is -2.42. The predicted molar refractivity (Wildman–Crippen MR) is 92.3 cm³/mol. The standard InChI is InChI=1S/C20H23NO2/c1-16(22)15-20(23)21(2)14-13-19(17-9-5-3-6-10-17)18-11-7-4-8-12-18/h3-12,19H,13-15H2,1-2H3. The first-order valence-corrected chi connectivity index (χ1v) is 7.91. The number of rotatable bonds is 7. The van der Waals surface area contributed by atoms with E-state index in [1.165, 1.54) is 18.1 Å². The highest BCUT2D eigenvalue weighted by Gasteiger charge is 2.17. The van der Waals surface area contributed by atoms with Crippen LogP contribution in [0.15, 0.2) is 60.7 Å². The van der Waals surface area contributed by atoms with Crippen LogP contribution in [0.1, 0.15) is 36.8 Å². The second-order valence-corrected chi connectivity index (χ2v) is 5.86. The highest BCUT2D eigenvalue weighted by atomic mass is 16.2. The normalized spacial score (nSPS) is 10.6. The zero-order valence-corrected chi connectivity index (χ0v) is 13.7. The zero-order chi connectivity index (χ0) is 16.7. The van der Waals surface area contributed by atoms with E-state index in [9.17, 15) is 9.59 Å². The van der Waals surface area contributed by atoms with E-state index in [1.807, 2.05) is 36.4 Å². The molecular weight excluding hydrogens is 286 g/mol. The lowest BCUT2D eigenvalue weighted by molar-refractivity contribution is -0.133. The summed E-state index contributed by atoms with van der Waals surface area (Å²) in [5.74, 6) is 0.0341. The Bertz CT molecular complexity index is 598. The van der Waals surface area contributed by atoms with Gasteiger partial charge in [0.05, 0.1) is 6.42 Å². The Kier molecular flexibility index (Phi) is 6.10. The van der Waals surface area contributed by atoms with Crippen molar-refractivity contribution in [2.24, 2.45) is 0 Å². The molecule has 0 radical (unpaired) electrons. The highest BCUT2D eigenvalue weighted by Crippen LogP contribution is 2.27. The first-order chi connectivity index (χ1) is 11.1. The molecule has 0 N–H and O–H groups in total. The fourth-order valence-electron chi connectivity index (χ4n) is 2.69. The average Bonchev–Trinajstić information content (AvgIpc) is 2.56. The molecule has 0 aliphatic rings. The molecule has 0 fully saturated rings. The number of amides is 1. The zero-order valence-electron chi connectivity index (χ0n) is 13.7. The molecule has 0 bridgehead atoms. The van der Waals surface area contributed by atoms with Crippen LogP contribution in [0.3, 0.4) is 0 Å². The van der Waals surface area contributed by atoms with Gasteiger partial charge in [-0.15, -0.1) is 0 Å². The van der Waals surface area contributed by atoms with Gasteiger partial charge < -0.3 is 4.90 Å². The molecule has 0 saturated heterocycles. The first kappa shape index (κ1) is 16.9. The Morgan fingerprint density at radius 1 is 0.913 bits per heavy atom. The van der Waals surface area contributed by atoms with Gasteiger partial charge in [-0.1, -0.05) is 60.7 Å². The van der Waals surface area contributed by atoms with Crippen molar-refractivity contribution in [3.63, 3.8) is 0 Å². The van der Waals surface area contributed by atoms with Crippen LogP contribution in [0.25, 0.3) is 0 Å². The second kappa shape index (κ2) is 8.28. The molecule has 1 amide bonds. The summed E-state index contributed by atoms with van der Waals surface area (Å²) in [5.41, 5.74) is 2.48. The van der Waals surface area contributed by atoms with Crippen molar-refractivity contribution in [2.45, 2.75) is 25.7 Å². The molecule has 2 aromatic carbocycles. The van der Waals surface area contributed by atoms with E-state index < -0.39 is 0 Å². The average molecular weight is 309 g/mol. The lowest BCUT2D eigenvalue weighted by Gasteiger charge is -2.22. The van der Waals surface area contributed by atoms with E-state index in [0.29, 0.717) is 6.54 Å². The molecule has 3 nitrogen and oxygen atoms in total. The Labute approximate surface area is 137 Å². The van der Waals surface area contributed by atoms with Crippen LogP contribution in [-0.2, 0) is 9.59 Å². The minimum atomic E-state index is -0.114. The Morgan fingerprint density at radius 2 is 1.39 bits per heavy atom. The van der Waals surface area contributed by atoms with Gasteiger partial charge in [0, 0.05) is 19.5 Å². The van der Waals surface area contributed by atoms with Crippen LogP contribution < -0.4 is 0 Å². The summed E-state index contributed by atoms with van der Waals surface area (Å²) < 4.78 is 0. The van der Waals surface area contributed by atoms with Gasteiger partial charge in [0.25, 0.3) is 0 Å². The van der Waals surface area contributed by atoms with Crippen LogP contribution in [-0.4, -0.2) is 30.2 Å². The van der Waals surface area contributed by atoms with E-state index in [4.69, 9.17) is 0 Å². The van der Waals surface area contributed by atoms with Crippen LogP contribution >= 0.6 is 0 Å². The molecule has 0 spiro atoms. The van der Waals surface area contributed by atoms with Crippen molar-refractivity contribution in [1.29, 1.82) is 0 Å². The van der Waals surface area contributed by atoms with Crippen molar-refractivity contribution in [2.75, 3.05) is 13.6 Å². The Balaban J connectivity index is 2.10. The van der Waals surface area contributed by atoms with E-state index >= 15 is 0 Å². The molecule has 3 heteroatoms. The number of ketones is 1. The van der Waals surface area contributed by atoms with Gasteiger partial charge in [0.15, 0.2) is 0 Å². The third kappa shape index (κ3) is 5.06. The number of Topliss-reactive ketones (excluding diaryl/α,β-unsaturated/α-hetero) is 1. The molecular formula is C20H23NO2. The largest absolute Gasteiger partial charge is 0.345 e. The number of benzene rings is 2. The lowest BCUT2D eigenvalue weighted by Crippen LogP contribution is -2.30. The Morgan fingerprint density at radius 3 is 1.83 bits per heavy atom.